The van der Waals surface area contributed by atoms with Gasteiger partial charge in [0.1, 0.15) is 0 Å². The summed E-state index contributed by atoms with van der Waals surface area (Å²) >= 11 is 0. The molecule has 0 aromatic carbocycles. The van der Waals surface area contributed by atoms with Gasteiger partial charge in [0.05, 0.1) is 32.1 Å². The summed E-state index contributed by atoms with van der Waals surface area (Å²) in [6.07, 6.45) is 0.567. The van der Waals surface area contributed by atoms with Crippen LogP contribution >= 0.6 is 0 Å². The van der Waals surface area contributed by atoms with Crippen LogP contribution < -0.4 is 5.73 Å². The Kier molecular flexibility index (Phi) is 5.05. The van der Waals surface area contributed by atoms with E-state index in [-0.39, 0.29) is 11.8 Å². The molecule has 1 aliphatic rings. The van der Waals surface area contributed by atoms with Crippen molar-refractivity contribution in [3.63, 3.8) is 0 Å². The molecule has 1 atom stereocenters. The van der Waals surface area contributed by atoms with Gasteiger partial charge in [0.25, 0.3) is 0 Å². The number of hydrogen-bond donors (Lipinski definition) is 1. The van der Waals surface area contributed by atoms with Crippen molar-refractivity contribution < 1.29 is 14.3 Å². The first kappa shape index (κ1) is 14.9. The van der Waals surface area contributed by atoms with Crippen LogP contribution in [-0.4, -0.2) is 72.4 Å². The maximum atomic E-state index is 11.6. The summed E-state index contributed by atoms with van der Waals surface area (Å²) in [4.78, 5) is 13.9. The second-order valence-corrected chi connectivity index (χ2v) is 4.85. The van der Waals surface area contributed by atoms with Crippen molar-refractivity contribution in [2.75, 3.05) is 40.4 Å². The minimum Gasteiger partial charge on any atom is -0.464 e. The topological polar surface area (TPSA) is 95.5 Å². The van der Waals surface area contributed by atoms with Gasteiger partial charge in [0, 0.05) is 19.5 Å². The molecule has 0 saturated carbocycles. The van der Waals surface area contributed by atoms with Crippen molar-refractivity contribution in [3.8, 4) is 0 Å². The van der Waals surface area contributed by atoms with Crippen molar-refractivity contribution in [3.05, 3.63) is 11.4 Å². The first-order valence-corrected chi connectivity index (χ1v) is 6.66. The average Bonchev–Trinajstić information content (AvgIpc) is 2.82. The number of hydrogen-bond acceptors (Lipinski definition) is 7. The SMILES string of the molecule is COC(=O)c1nnn(CC2CN(C)CCO2)c1CCN. The van der Waals surface area contributed by atoms with Crippen LogP contribution in [-0.2, 0) is 22.4 Å². The van der Waals surface area contributed by atoms with Crippen molar-refractivity contribution in [2.24, 2.45) is 5.73 Å². The van der Waals surface area contributed by atoms with Gasteiger partial charge < -0.3 is 20.1 Å². The van der Waals surface area contributed by atoms with E-state index in [0.717, 1.165) is 13.1 Å². The highest BCUT2D eigenvalue weighted by Gasteiger charge is 2.24. The highest BCUT2D eigenvalue weighted by atomic mass is 16.5. The summed E-state index contributed by atoms with van der Waals surface area (Å²) in [6, 6.07) is 0. The quantitative estimate of drug-likeness (QED) is 0.685. The molecule has 1 aromatic rings. The second kappa shape index (κ2) is 6.78. The number of aromatic nitrogens is 3. The standard InChI is InChI=1S/C12H21N5O3/c1-16-5-6-20-9(7-16)8-17-10(3-4-13)11(14-15-17)12(18)19-2/h9H,3-8,13H2,1-2H3. The number of likely N-dealkylation sites (N-methyl/N-ethyl adjacent to an activating group) is 1. The lowest BCUT2D eigenvalue weighted by molar-refractivity contribution is -0.0296. The van der Waals surface area contributed by atoms with E-state index in [2.05, 4.69) is 22.3 Å². The highest BCUT2D eigenvalue weighted by molar-refractivity contribution is 5.88. The molecule has 8 heteroatoms. The number of esters is 1. The third-order valence-corrected chi connectivity index (χ3v) is 3.32. The first-order chi connectivity index (χ1) is 9.65. The van der Waals surface area contributed by atoms with Gasteiger partial charge in [-0.1, -0.05) is 5.21 Å². The number of nitrogens with zero attached hydrogens (tertiary/aromatic N) is 4. The summed E-state index contributed by atoms with van der Waals surface area (Å²) in [5.41, 5.74) is 6.54. The van der Waals surface area contributed by atoms with Gasteiger partial charge in [0.15, 0.2) is 5.69 Å². The molecule has 1 unspecified atom stereocenters. The smallest absolute Gasteiger partial charge is 0.360 e. The maximum absolute atomic E-state index is 11.6. The monoisotopic (exact) mass is 283 g/mol. The number of carbonyl (C=O) groups excluding carboxylic acids is 1. The van der Waals surface area contributed by atoms with Crippen LogP contribution in [0.3, 0.4) is 0 Å². The highest BCUT2D eigenvalue weighted by Crippen LogP contribution is 2.11. The number of methoxy groups -OCH3 is 1. The van der Waals surface area contributed by atoms with Crippen LogP contribution in [0.5, 0.6) is 0 Å². The minimum atomic E-state index is -0.485. The number of carbonyl (C=O) groups is 1. The zero-order chi connectivity index (χ0) is 14.5. The molecule has 8 nitrogen and oxygen atoms in total. The third kappa shape index (κ3) is 3.33. The lowest BCUT2D eigenvalue weighted by atomic mass is 10.2. The largest absolute Gasteiger partial charge is 0.464 e. The van der Waals surface area contributed by atoms with Gasteiger partial charge in [-0.3, -0.25) is 0 Å². The number of rotatable bonds is 5. The summed E-state index contributed by atoms with van der Waals surface area (Å²) in [5, 5.41) is 7.94. The van der Waals surface area contributed by atoms with Crippen LogP contribution in [0.25, 0.3) is 0 Å². The van der Waals surface area contributed by atoms with Crippen LogP contribution in [0.4, 0.5) is 0 Å². The number of morpholine rings is 1. The molecule has 0 spiro atoms. The van der Waals surface area contributed by atoms with Gasteiger partial charge in [-0.05, 0) is 13.6 Å². The van der Waals surface area contributed by atoms with E-state index < -0.39 is 5.97 Å². The Balaban J connectivity index is 2.14. The zero-order valence-corrected chi connectivity index (χ0v) is 11.9. The third-order valence-electron chi connectivity index (χ3n) is 3.32. The molecule has 2 N–H and O–H groups in total. The molecule has 0 aliphatic carbocycles. The van der Waals surface area contributed by atoms with Crippen LogP contribution in [0, 0.1) is 0 Å². The Hall–Kier alpha value is -1.51. The normalized spacial score (nSPS) is 20.1. The minimum absolute atomic E-state index is 0.0393. The molecule has 0 bridgehead atoms. The molecule has 1 fully saturated rings. The van der Waals surface area contributed by atoms with Crippen LogP contribution in [0.15, 0.2) is 0 Å². The van der Waals surface area contributed by atoms with Crippen molar-refractivity contribution in [2.45, 2.75) is 19.1 Å². The molecule has 112 valence electrons. The zero-order valence-electron chi connectivity index (χ0n) is 11.9. The number of ether oxygens (including phenoxy) is 2. The van der Waals surface area contributed by atoms with Crippen LogP contribution in [0.2, 0.25) is 0 Å². The van der Waals surface area contributed by atoms with Gasteiger partial charge in [0.2, 0.25) is 0 Å². The van der Waals surface area contributed by atoms with Crippen molar-refractivity contribution >= 4 is 5.97 Å². The maximum Gasteiger partial charge on any atom is 0.360 e. The molecular weight excluding hydrogens is 262 g/mol. The van der Waals surface area contributed by atoms with Gasteiger partial charge >= 0.3 is 5.97 Å². The molecule has 20 heavy (non-hydrogen) atoms. The molecular formula is C12H21N5O3. The lowest BCUT2D eigenvalue weighted by Crippen LogP contribution is -2.42. The van der Waals surface area contributed by atoms with Crippen molar-refractivity contribution in [1.82, 2.24) is 19.9 Å². The van der Waals surface area contributed by atoms with E-state index >= 15 is 0 Å². The molecule has 0 amide bonds. The molecule has 2 heterocycles. The Labute approximate surface area is 117 Å². The fraction of sp³-hybridized carbons (Fsp3) is 0.750. The van der Waals surface area contributed by atoms with Crippen molar-refractivity contribution in [1.29, 1.82) is 0 Å². The predicted molar refractivity (Wildman–Crippen MR) is 71.4 cm³/mol. The second-order valence-electron chi connectivity index (χ2n) is 4.85. The number of nitrogens with two attached hydrogens (primary N) is 1. The van der Waals surface area contributed by atoms with Gasteiger partial charge in [-0.25, -0.2) is 9.48 Å². The molecule has 1 aliphatic heterocycles. The Morgan fingerprint density at radius 3 is 3.05 bits per heavy atom. The van der Waals surface area contributed by atoms with E-state index in [1.165, 1.54) is 7.11 Å². The first-order valence-electron chi connectivity index (χ1n) is 6.66. The fourth-order valence-electron chi connectivity index (χ4n) is 2.29. The molecule has 1 aromatic heterocycles. The fourth-order valence-corrected chi connectivity index (χ4v) is 2.29. The molecule has 1 saturated heterocycles. The van der Waals surface area contributed by atoms with Gasteiger partial charge in [-0.15, -0.1) is 5.10 Å². The lowest BCUT2D eigenvalue weighted by Gasteiger charge is -2.30. The summed E-state index contributed by atoms with van der Waals surface area (Å²) in [7, 11) is 3.38. The van der Waals surface area contributed by atoms with E-state index in [1.807, 2.05) is 0 Å². The van der Waals surface area contributed by atoms with E-state index in [1.54, 1.807) is 4.68 Å². The van der Waals surface area contributed by atoms with E-state index in [9.17, 15) is 4.79 Å². The summed E-state index contributed by atoms with van der Waals surface area (Å²) in [5.74, 6) is -0.485. The Morgan fingerprint density at radius 2 is 2.40 bits per heavy atom. The van der Waals surface area contributed by atoms with Gasteiger partial charge in [-0.2, -0.15) is 0 Å². The molecule has 2 rings (SSSR count). The summed E-state index contributed by atoms with van der Waals surface area (Å²) < 4.78 is 12.1. The molecule has 0 radical (unpaired) electrons. The van der Waals surface area contributed by atoms with E-state index in [0.29, 0.717) is 31.8 Å². The Bertz CT molecular complexity index is 462. The summed E-state index contributed by atoms with van der Waals surface area (Å²) in [6.45, 7) is 3.44. The van der Waals surface area contributed by atoms with E-state index in [4.69, 9.17) is 15.2 Å². The Morgan fingerprint density at radius 1 is 1.60 bits per heavy atom. The van der Waals surface area contributed by atoms with Crippen LogP contribution in [0.1, 0.15) is 16.2 Å². The average molecular weight is 283 g/mol. The predicted octanol–water partition coefficient (Wildman–Crippen LogP) is -1.10.